The molecular formula is C13H10ClFN2O. The Bertz CT molecular complexity index is 601. The highest BCUT2D eigenvalue weighted by Gasteiger charge is 2.12. The number of aromatic nitrogens is 1. The molecule has 3 nitrogen and oxygen atoms in total. The summed E-state index contributed by atoms with van der Waals surface area (Å²) in [6.45, 7) is 1.77. The number of aryl methyl sites for hydroxylation is 1. The van der Waals surface area contributed by atoms with Gasteiger partial charge in [-0.2, -0.15) is 0 Å². The summed E-state index contributed by atoms with van der Waals surface area (Å²) in [5.41, 5.74) is 0.986. The minimum Gasteiger partial charge on any atom is -0.318 e. The number of nitrogens with zero attached hydrogens (tertiary/aromatic N) is 1. The number of rotatable bonds is 2. The molecule has 0 aliphatic heterocycles. The van der Waals surface area contributed by atoms with E-state index in [1.165, 1.54) is 12.1 Å². The maximum Gasteiger partial charge on any atom is 0.274 e. The molecule has 1 aromatic carbocycles. The van der Waals surface area contributed by atoms with Gasteiger partial charge in [0, 0.05) is 5.69 Å². The van der Waals surface area contributed by atoms with E-state index in [1.54, 1.807) is 31.2 Å². The lowest BCUT2D eigenvalue weighted by Gasteiger charge is -2.07. The van der Waals surface area contributed by atoms with Gasteiger partial charge in [0.15, 0.2) is 5.82 Å². The third-order valence-corrected chi connectivity index (χ3v) is 2.61. The van der Waals surface area contributed by atoms with E-state index in [1.807, 2.05) is 0 Å². The van der Waals surface area contributed by atoms with Crippen LogP contribution in [0.4, 0.5) is 10.1 Å². The zero-order chi connectivity index (χ0) is 13.1. The normalized spacial score (nSPS) is 10.2. The van der Waals surface area contributed by atoms with Gasteiger partial charge in [-0.05, 0) is 31.2 Å². The minimum atomic E-state index is -0.653. The quantitative estimate of drug-likeness (QED) is 0.903. The summed E-state index contributed by atoms with van der Waals surface area (Å²) in [4.78, 5) is 15.9. The summed E-state index contributed by atoms with van der Waals surface area (Å²) < 4.78 is 13.6. The lowest BCUT2D eigenvalue weighted by Crippen LogP contribution is -2.15. The molecule has 0 unspecified atom stereocenters. The van der Waals surface area contributed by atoms with Crippen molar-refractivity contribution in [1.82, 2.24) is 4.98 Å². The Morgan fingerprint density at radius 2 is 2.00 bits per heavy atom. The number of benzene rings is 1. The molecule has 0 aliphatic carbocycles. The lowest BCUT2D eigenvalue weighted by molar-refractivity contribution is 0.102. The Morgan fingerprint density at radius 3 is 2.72 bits per heavy atom. The van der Waals surface area contributed by atoms with Crippen molar-refractivity contribution in [2.24, 2.45) is 0 Å². The van der Waals surface area contributed by atoms with Crippen LogP contribution in [0, 0.1) is 12.7 Å². The molecule has 0 aliphatic rings. The molecular weight excluding hydrogens is 255 g/mol. The van der Waals surface area contributed by atoms with Gasteiger partial charge in [0.1, 0.15) is 5.69 Å². The van der Waals surface area contributed by atoms with Gasteiger partial charge in [-0.15, -0.1) is 0 Å². The molecule has 92 valence electrons. The number of anilines is 1. The van der Waals surface area contributed by atoms with E-state index < -0.39 is 11.7 Å². The van der Waals surface area contributed by atoms with Crippen molar-refractivity contribution in [3.05, 3.63) is 58.6 Å². The second-order valence-electron chi connectivity index (χ2n) is 3.72. The standard InChI is InChI=1S/C13H10ClFN2O/c1-8-4-2-7-11(16-8)13(18)17-10-6-3-5-9(14)12(10)15/h2-7H,1H3,(H,17,18). The SMILES string of the molecule is Cc1cccc(C(=O)Nc2cccc(Cl)c2F)n1. The van der Waals surface area contributed by atoms with Crippen LogP contribution in [-0.2, 0) is 0 Å². The highest BCUT2D eigenvalue weighted by Crippen LogP contribution is 2.22. The Morgan fingerprint density at radius 1 is 1.28 bits per heavy atom. The summed E-state index contributed by atoms with van der Waals surface area (Å²) in [6, 6.07) is 9.46. The second kappa shape index (κ2) is 5.14. The van der Waals surface area contributed by atoms with E-state index in [9.17, 15) is 9.18 Å². The maximum atomic E-state index is 13.6. The summed E-state index contributed by atoms with van der Waals surface area (Å²) in [6.07, 6.45) is 0. The molecule has 0 saturated heterocycles. The van der Waals surface area contributed by atoms with E-state index in [4.69, 9.17) is 11.6 Å². The molecule has 1 amide bonds. The second-order valence-corrected chi connectivity index (χ2v) is 4.13. The van der Waals surface area contributed by atoms with Gasteiger partial charge < -0.3 is 5.32 Å². The third kappa shape index (κ3) is 2.65. The summed E-state index contributed by atoms with van der Waals surface area (Å²) >= 11 is 5.63. The molecule has 2 aromatic rings. The van der Waals surface area contributed by atoms with Crippen LogP contribution in [0.1, 0.15) is 16.2 Å². The van der Waals surface area contributed by atoms with E-state index in [0.29, 0.717) is 5.69 Å². The summed E-state index contributed by atoms with van der Waals surface area (Å²) in [5, 5.41) is 2.40. The van der Waals surface area contributed by atoms with Gasteiger partial charge in [0.2, 0.25) is 0 Å². The first-order chi connectivity index (χ1) is 8.58. The highest BCUT2D eigenvalue weighted by molar-refractivity contribution is 6.31. The first kappa shape index (κ1) is 12.5. The van der Waals surface area contributed by atoms with Crippen LogP contribution in [0.5, 0.6) is 0 Å². The zero-order valence-corrected chi connectivity index (χ0v) is 10.3. The average Bonchev–Trinajstić information content (AvgIpc) is 2.35. The Hall–Kier alpha value is -1.94. The zero-order valence-electron chi connectivity index (χ0n) is 9.58. The minimum absolute atomic E-state index is 0.0370. The topological polar surface area (TPSA) is 42.0 Å². The molecule has 0 saturated carbocycles. The van der Waals surface area contributed by atoms with E-state index in [2.05, 4.69) is 10.3 Å². The lowest BCUT2D eigenvalue weighted by atomic mass is 10.2. The van der Waals surface area contributed by atoms with Crippen molar-refractivity contribution in [2.45, 2.75) is 6.92 Å². The highest BCUT2D eigenvalue weighted by atomic mass is 35.5. The fourth-order valence-electron chi connectivity index (χ4n) is 1.46. The van der Waals surface area contributed by atoms with Crippen molar-refractivity contribution in [1.29, 1.82) is 0 Å². The molecule has 0 spiro atoms. The van der Waals surface area contributed by atoms with Crippen LogP contribution in [0.25, 0.3) is 0 Å². The Kier molecular flexibility index (Phi) is 3.58. The molecule has 18 heavy (non-hydrogen) atoms. The van der Waals surface area contributed by atoms with Gasteiger partial charge in [-0.1, -0.05) is 23.7 Å². The summed E-state index contributed by atoms with van der Waals surface area (Å²) in [5.74, 6) is -1.12. The van der Waals surface area contributed by atoms with Gasteiger partial charge in [0.25, 0.3) is 5.91 Å². The predicted molar refractivity (Wildman–Crippen MR) is 68.3 cm³/mol. The number of hydrogen-bond donors (Lipinski definition) is 1. The van der Waals surface area contributed by atoms with Crippen molar-refractivity contribution in [3.8, 4) is 0 Å². The fourth-order valence-corrected chi connectivity index (χ4v) is 1.63. The van der Waals surface area contributed by atoms with Gasteiger partial charge >= 0.3 is 0 Å². The smallest absolute Gasteiger partial charge is 0.274 e. The number of pyridine rings is 1. The molecule has 2 rings (SSSR count). The molecule has 0 radical (unpaired) electrons. The van der Waals surface area contributed by atoms with Crippen LogP contribution in [-0.4, -0.2) is 10.9 Å². The molecule has 1 heterocycles. The molecule has 5 heteroatoms. The monoisotopic (exact) mass is 264 g/mol. The predicted octanol–water partition coefficient (Wildman–Crippen LogP) is 3.43. The molecule has 0 fully saturated rings. The van der Waals surface area contributed by atoms with Crippen LogP contribution >= 0.6 is 11.6 Å². The van der Waals surface area contributed by atoms with Crippen molar-refractivity contribution in [2.75, 3.05) is 5.32 Å². The number of nitrogens with one attached hydrogen (secondary N) is 1. The molecule has 0 atom stereocenters. The van der Waals surface area contributed by atoms with Crippen molar-refractivity contribution >= 4 is 23.2 Å². The number of halogens is 2. The van der Waals surface area contributed by atoms with Gasteiger partial charge in [0.05, 0.1) is 10.7 Å². The van der Waals surface area contributed by atoms with E-state index >= 15 is 0 Å². The van der Waals surface area contributed by atoms with Crippen molar-refractivity contribution in [3.63, 3.8) is 0 Å². The van der Waals surface area contributed by atoms with Crippen LogP contribution in [0.2, 0.25) is 5.02 Å². The fraction of sp³-hybridized carbons (Fsp3) is 0.0769. The first-order valence-corrected chi connectivity index (χ1v) is 5.65. The third-order valence-electron chi connectivity index (χ3n) is 2.32. The molecule has 0 bridgehead atoms. The number of hydrogen-bond acceptors (Lipinski definition) is 2. The Balaban J connectivity index is 2.24. The number of amides is 1. The first-order valence-electron chi connectivity index (χ1n) is 5.27. The average molecular weight is 265 g/mol. The molecule has 1 aromatic heterocycles. The van der Waals surface area contributed by atoms with Gasteiger partial charge in [-0.3, -0.25) is 4.79 Å². The number of carbonyl (C=O) groups is 1. The Labute approximate surface area is 109 Å². The maximum absolute atomic E-state index is 13.6. The number of carbonyl (C=O) groups excluding carboxylic acids is 1. The van der Waals surface area contributed by atoms with Gasteiger partial charge in [-0.25, -0.2) is 9.37 Å². The van der Waals surface area contributed by atoms with Crippen LogP contribution in [0.3, 0.4) is 0 Å². The van der Waals surface area contributed by atoms with Crippen molar-refractivity contribution < 1.29 is 9.18 Å². The van der Waals surface area contributed by atoms with Crippen LogP contribution < -0.4 is 5.32 Å². The molecule has 1 N–H and O–H groups in total. The van der Waals surface area contributed by atoms with E-state index in [-0.39, 0.29) is 16.4 Å². The van der Waals surface area contributed by atoms with E-state index in [0.717, 1.165) is 0 Å². The largest absolute Gasteiger partial charge is 0.318 e. The van der Waals surface area contributed by atoms with Crippen LogP contribution in [0.15, 0.2) is 36.4 Å². The summed E-state index contributed by atoms with van der Waals surface area (Å²) in [7, 11) is 0.